The molecule has 2 aromatic heterocycles. The largest absolute Gasteiger partial charge is 0.460 e. The number of ether oxygens (including phenoxy) is 1. The van der Waals surface area contributed by atoms with Crippen molar-refractivity contribution in [1.29, 1.82) is 0 Å². The second-order valence-electron chi connectivity index (χ2n) is 5.69. The summed E-state index contributed by atoms with van der Waals surface area (Å²) in [6.07, 6.45) is 4.12. The van der Waals surface area contributed by atoms with Crippen LogP contribution >= 0.6 is 0 Å². The van der Waals surface area contributed by atoms with Crippen molar-refractivity contribution in [2.45, 2.75) is 38.8 Å². The molecule has 1 aliphatic heterocycles. The first-order valence-corrected chi connectivity index (χ1v) is 7.10. The normalized spacial score (nSPS) is 22.5. The lowest BCUT2D eigenvalue weighted by Gasteiger charge is -2.23. The van der Waals surface area contributed by atoms with Crippen LogP contribution in [-0.2, 0) is 11.3 Å². The number of hydrogen-bond donors (Lipinski definition) is 2. The molecule has 0 aliphatic carbocycles. The zero-order valence-corrected chi connectivity index (χ0v) is 12.0. The Morgan fingerprint density at radius 2 is 2.35 bits per heavy atom. The van der Waals surface area contributed by atoms with Gasteiger partial charge in [0.25, 0.3) is 0 Å². The molecule has 0 radical (unpaired) electrons. The summed E-state index contributed by atoms with van der Waals surface area (Å²) < 4.78 is 11.4. The van der Waals surface area contributed by atoms with Gasteiger partial charge in [-0.05, 0) is 38.8 Å². The van der Waals surface area contributed by atoms with Crippen LogP contribution in [0.4, 0.5) is 0 Å². The van der Waals surface area contributed by atoms with Crippen LogP contribution in [0.3, 0.4) is 0 Å². The highest BCUT2D eigenvalue weighted by atomic mass is 16.5. The van der Waals surface area contributed by atoms with Gasteiger partial charge in [0.15, 0.2) is 5.76 Å². The summed E-state index contributed by atoms with van der Waals surface area (Å²) in [6.45, 7) is 6.59. The minimum absolute atomic E-state index is 0.0226. The van der Waals surface area contributed by atoms with E-state index >= 15 is 0 Å². The second kappa shape index (κ2) is 5.42. The Labute approximate surface area is 118 Å². The number of aryl methyl sites for hydroxylation is 1. The standard InChI is InChI=1S/C15H21N3O2/c1-11-4-5-13(20-11)14-12(9-17-18-14)8-16-10-15(2)6-3-7-19-15/h4-5,9,16H,3,6-8,10H2,1-2H3,(H,17,18)/t15-/m1/s1. The summed E-state index contributed by atoms with van der Waals surface area (Å²) in [7, 11) is 0. The first-order valence-electron chi connectivity index (χ1n) is 7.10. The lowest BCUT2D eigenvalue weighted by molar-refractivity contribution is 0.0207. The van der Waals surface area contributed by atoms with E-state index in [1.165, 1.54) is 0 Å². The summed E-state index contributed by atoms with van der Waals surface area (Å²) in [6, 6.07) is 3.93. The fraction of sp³-hybridized carbons (Fsp3) is 0.533. The third-order valence-electron chi connectivity index (χ3n) is 3.82. The van der Waals surface area contributed by atoms with Crippen LogP contribution in [-0.4, -0.2) is 29.0 Å². The first kappa shape index (κ1) is 13.4. The summed E-state index contributed by atoms with van der Waals surface area (Å²) in [5.74, 6) is 1.74. The average molecular weight is 275 g/mol. The Balaban J connectivity index is 1.62. The van der Waals surface area contributed by atoms with E-state index in [4.69, 9.17) is 9.15 Å². The van der Waals surface area contributed by atoms with Crippen LogP contribution in [0.25, 0.3) is 11.5 Å². The van der Waals surface area contributed by atoms with E-state index in [0.717, 1.165) is 55.3 Å². The maximum atomic E-state index is 5.77. The smallest absolute Gasteiger partial charge is 0.152 e. The number of nitrogens with one attached hydrogen (secondary N) is 2. The van der Waals surface area contributed by atoms with Crippen molar-refractivity contribution in [3.63, 3.8) is 0 Å². The molecule has 108 valence electrons. The van der Waals surface area contributed by atoms with Gasteiger partial charge in [-0.2, -0.15) is 5.10 Å². The van der Waals surface area contributed by atoms with Crippen LogP contribution in [0.5, 0.6) is 0 Å². The molecule has 20 heavy (non-hydrogen) atoms. The highest BCUT2D eigenvalue weighted by molar-refractivity contribution is 5.56. The van der Waals surface area contributed by atoms with Crippen molar-refractivity contribution < 1.29 is 9.15 Å². The van der Waals surface area contributed by atoms with Gasteiger partial charge in [0.2, 0.25) is 0 Å². The molecule has 1 saturated heterocycles. The molecule has 0 amide bonds. The minimum atomic E-state index is -0.0226. The van der Waals surface area contributed by atoms with Gasteiger partial charge in [0, 0.05) is 25.3 Å². The maximum Gasteiger partial charge on any atom is 0.152 e. The Hall–Kier alpha value is -1.59. The third kappa shape index (κ3) is 2.78. The van der Waals surface area contributed by atoms with Crippen LogP contribution in [0.1, 0.15) is 31.1 Å². The SMILES string of the molecule is Cc1ccc(-c2[nH]ncc2CNC[C@@]2(C)CCCO2)o1. The van der Waals surface area contributed by atoms with Crippen LogP contribution in [0, 0.1) is 6.92 Å². The number of nitrogens with zero attached hydrogens (tertiary/aromatic N) is 1. The molecule has 1 aliphatic rings. The van der Waals surface area contributed by atoms with Crippen molar-refractivity contribution in [1.82, 2.24) is 15.5 Å². The summed E-state index contributed by atoms with van der Waals surface area (Å²) in [5.41, 5.74) is 2.04. The van der Waals surface area contributed by atoms with Gasteiger partial charge in [-0.3, -0.25) is 5.10 Å². The van der Waals surface area contributed by atoms with E-state index in [9.17, 15) is 0 Å². The topological polar surface area (TPSA) is 63.1 Å². The number of aromatic amines is 1. The summed E-state index contributed by atoms with van der Waals surface area (Å²) >= 11 is 0. The second-order valence-corrected chi connectivity index (χ2v) is 5.69. The monoisotopic (exact) mass is 275 g/mol. The fourth-order valence-corrected chi connectivity index (χ4v) is 2.67. The molecule has 2 aromatic rings. The van der Waals surface area contributed by atoms with Crippen molar-refractivity contribution >= 4 is 0 Å². The van der Waals surface area contributed by atoms with Gasteiger partial charge in [-0.15, -0.1) is 0 Å². The van der Waals surface area contributed by atoms with Crippen molar-refractivity contribution in [2.75, 3.05) is 13.2 Å². The highest BCUT2D eigenvalue weighted by Crippen LogP contribution is 2.25. The molecule has 0 aromatic carbocycles. The molecule has 2 N–H and O–H groups in total. The van der Waals surface area contributed by atoms with E-state index in [1.807, 2.05) is 25.3 Å². The van der Waals surface area contributed by atoms with Gasteiger partial charge in [-0.25, -0.2) is 0 Å². The van der Waals surface area contributed by atoms with Gasteiger partial charge < -0.3 is 14.5 Å². The molecular weight excluding hydrogens is 254 g/mol. The molecule has 5 nitrogen and oxygen atoms in total. The lowest BCUT2D eigenvalue weighted by Crippen LogP contribution is -2.36. The zero-order valence-electron chi connectivity index (χ0n) is 12.0. The highest BCUT2D eigenvalue weighted by Gasteiger charge is 2.29. The number of rotatable bonds is 5. The first-order chi connectivity index (χ1) is 9.66. The van der Waals surface area contributed by atoms with E-state index in [-0.39, 0.29) is 5.60 Å². The van der Waals surface area contributed by atoms with Crippen molar-refractivity contribution in [3.05, 3.63) is 29.7 Å². The number of H-pyrrole nitrogens is 1. The van der Waals surface area contributed by atoms with E-state index in [0.29, 0.717) is 0 Å². The van der Waals surface area contributed by atoms with Gasteiger partial charge in [0.05, 0.1) is 11.8 Å². The third-order valence-corrected chi connectivity index (χ3v) is 3.82. The molecule has 0 saturated carbocycles. The van der Waals surface area contributed by atoms with Crippen molar-refractivity contribution in [3.8, 4) is 11.5 Å². The van der Waals surface area contributed by atoms with Crippen LogP contribution in [0.15, 0.2) is 22.7 Å². The van der Waals surface area contributed by atoms with E-state index in [1.54, 1.807) is 0 Å². The minimum Gasteiger partial charge on any atom is -0.460 e. The molecule has 1 fully saturated rings. The molecule has 0 spiro atoms. The van der Waals surface area contributed by atoms with Gasteiger partial charge in [0.1, 0.15) is 11.5 Å². The Morgan fingerprint density at radius 3 is 3.05 bits per heavy atom. The number of hydrogen-bond acceptors (Lipinski definition) is 4. The molecule has 3 rings (SSSR count). The molecule has 0 unspecified atom stereocenters. The molecule has 1 atom stereocenters. The molecule has 3 heterocycles. The summed E-state index contributed by atoms with van der Waals surface area (Å²) in [4.78, 5) is 0. The Morgan fingerprint density at radius 1 is 1.45 bits per heavy atom. The summed E-state index contributed by atoms with van der Waals surface area (Å²) in [5, 5.41) is 10.6. The number of furan rings is 1. The Kier molecular flexibility index (Phi) is 3.63. The number of aromatic nitrogens is 2. The van der Waals surface area contributed by atoms with Gasteiger partial charge in [-0.1, -0.05) is 0 Å². The predicted molar refractivity (Wildman–Crippen MR) is 76.3 cm³/mol. The van der Waals surface area contributed by atoms with Crippen molar-refractivity contribution in [2.24, 2.45) is 0 Å². The lowest BCUT2D eigenvalue weighted by atomic mass is 10.0. The maximum absolute atomic E-state index is 5.77. The molecule has 0 bridgehead atoms. The van der Waals surface area contributed by atoms with Gasteiger partial charge >= 0.3 is 0 Å². The zero-order chi connectivity index (χ0) is 14.0. The molecule has 5 heteroatoms. The Bertz CT molecular complexity index is 567. The average Bonchev–Trinajstić information content (AvgIpc) is 3.11. The predicted octanol–water partition coefficient (Wildman–Crippen LogP) is 2.64. The quantitative estimate of drug-likeness (QED) is 0.880. The van der Waals surface area contributed by atoms with Crippen LogP contribution < -0.4 is 5.32 Å². The fourth-order valence-electron chi connectivity index (χ4n) is 2.67. The molecular formula is C15H21N3O2. The van der Waals surface area contributed by atoms with Crippen LogP contribution in [0.2, 0.25) is 0 Å². The van der Waals surface area contributed by atoms with E-state index in [2.05, 4.69) is 22.4 Å². The van der Waals surface area contributed by atoms with E-state index < -0.39 is 0 Å².